The Balaban J connectivity index is 1.81. The quantitative estimate of drug-likeness (QED) is 0.947. The molecule has 0 bridgehead atoms. The van der Waals surface area contributed by atoms with Gasteiger partial charge in [-0.1, -0.05) is 30.3 Å². The van der Waals surface area contributed by atoms with Crippen LogP contribution in [0.2, 0.25) is 0 Å². The number of carbonyl (C=O) groups excluding carboxylic acids is 1. The average molecular weight is 296 g/mol. The van der Waals surface area contributed by atoms with Gasteiger partial charge in [0, 0.05) is 18.8 Å². The summed E-state index contributed by atoms with van der Waals surface area (Å²) in [6, 6.07) is 12.0. The summed E-state index contributed by atoms with van der Waals surface area (Å²) in [7, 11) is 1.85. The molecule has 3 rings (SSSR count). The SMILES string of the molecule is CC1=C(C(=O)N(C)[C@@H](C)c2ccccc2)Cn2nccc2N1. The summed E-state index contributed by atoms with van der Waals surface area (Å²) < 4.78 is 1.81. The van der Waals surface area contributed by atoms with E-state index in [1.165, 1.54) is 0 Å². The van der Waals surface area contributed by atoms with Gasteiger partial charge in [0.15, 0.2) is 0 Å². The predicted molar refractivity (Wildman–Crippen MR) is 86.2 cm³/mol. The second kappa shape index (κ2) is 5.67. The maximum absolute atomic E-state index is 12.8. The molecule has 0 spiro atoms. The van der Waals surface area contributed by atoms with E-state index in [9.17, 15) is 4.79 Å². The molecule has 0 radical (unpaired) electrons. The van der Waals surface area contributed by atoms with E-state index in [1.54, 1.807) is 15.8 Å². The largest absolute Gasteiger partial charge is 0.344 e. The van der Waals surface area contributed by atoms with Crippen molar-refractivity contribution in [3.63, 3.8) is 0 Å². The van der Waals surface area contributed by atoms with Crippen LogP contribution in [0.3, 0.4) is 0 Å². The first-order valence-electron chi connectivity index (χ1n) is 7.38. The molecule has 22 heavy (non-hydrogen) atoms. The topological polar surface area (TPSA) is 50.2 Å². The fraction of sp³-hybridized carbons (Fsp3) is 0.294. The fourth-order valence-electron chi connectivity index (χ4n) is 2.67. The van der Waals surface area contributed by atoms with Gasteiger partial charge in [-0.3, -0.25) is 4.79 Å². The zero-order chi connectivity index (χ0) is 15.7. The van der Waals surface area contributed by atoms with Crippen molar-refractivity contribution in [1.29, 1.82) is 0 Å². The van der Waals surface area contributed by atoms with Gasteiger partial charge in [-0.15, -0.1) is 0 Å². The number of amides is 1. The molecule has 1 amide bonds. The van der Waals surface area contributed by atoms with Crippen LogP contribution in [0.15, 0.2) is 53.9 Å². The van der Waals surface area contributed by atoms with E-state index in [0.717, 1.165) is 22.7 Å². The molecule has 0 unspecified atom stereocenters. The second-order valence-electron chi connectivity index (χ2n) is 5.61. The summed E-state index contributed by atoms with van der Waals surface area (Å²) in [5, 5.41) is 7.47. The Labute approximate surface area is 130 Å². The lowest BCUT2D eigenvalue weighted by Crippen LogP contribution is -2.34. The minimum atomic E-state index is 0.0213. The van der Waals surface area contributed by atoms with Gasteiger partial charge >= 0.3 is 0 Å². The highest BCUT2D eigenvalue weighted by Gasteiger charge is 2.26. The third kappa shape index (κ3) is 2.50. The molecule has 2 heterocycles. The van der Waals surface area contributed by atoms with Crippen molar-refractivity contribution in [3.05, 3.63) is 59.4 Å². The first kappa shape index (κ1) is 14.4. The maximum Gasteiger partial charge on any atom is 0.253 e. The first-order valence-corrected chi connectivity index (χ1v) is 7.38. The number of nitrogens with one attached hydrogen (secondary N) is 1. The van der Waals surface area contributed by atoms with Crippen LogP contribution in [0.5, 0.6) is 0 Å². The molecule has 114 valence electrons. The highest BCUT2D eigenvalue weighted by atomic mass is 16.2. The molecule has 1 atom stereocenters. The molecule has 1 aliphatic heterocycles. The molecule has 0 saturated heterocycles. The Morgan fingerprint density at radius 3 is 2.77 bits per heavy atom. The number of rotatable bonds is 3. The van der Waals surface area contributed by atoms with E-state index < -0.39 is 0 Å². The summed E-state index contributed by atoms with van der Waals surface area (Å²) in [6.45, 7) is 4.48. The van der Waals surface area contributed by atoms with E-state index in [0.29, 0.717) is 6.54 Å². The smallest absolute Gasteiger partial charge is 0.253 e. The molecule has 5 nitrogen and oxygen atoms in total. The number of aromatic nitrogens is 2. The summed E-state index contributed by atoms with van der Waals surface area (Å²) in [4.78, 5) is 14.6. The van der Waals surface area contributed by atoms with Crippen LogP contribution in [0, 0.1) is 0 Å². The summed E-state index contributed by atoms with van der Waals surface area (Å²) >= 11 is 0. The standard InChI is InChI=1S/C17H20N4O/c1-12-15(11-21-16(19-12)9-10-18-21)17(22)20(3)13(2)14-7-5-4-6-8-14/h4-10,13,19H,11H2,1-3H3/t13-/m0/s1. The number of allylic oxidation sites excluding steroid dienone is 1. The predicted octanol–water partition coefficient (Wildman–Crippen LogP) is 2.80. The number of nitrogens with zero attached hydrogens (tertiary/aromatic N) is 3. The molecule has 0 saturated carbocycles. The van der Waals surface area contributed by atoms with Crippen LogP contribution in [-0.4, -0.2) is 27.6 Å². The third-order valence-electron chi connectivity index (χ3n) is 4.23. The monoisotopic (exact) mass is 296 g/mol. The Hall–Kier alpha value is -2.56. The lowest BCUT2D eigenvalue weighted by atomic mass is 10.1. The van der Waals surface area contributed by atoms with Crippen LogP contribution >= 0.6 is 0 Å². The number of hydrogen-bond acceptors (Lipinski definition) is 3. The van der Waals surface area contributed by atoms with Crippen molar-refractivity contribution in [2.45, 2.75) is 26.4 Å². The molecular weight excluding hydrogens is 276 g/mol. The molecular formula is C17H20N4O. The van der Waals surface area contributed by atoms with Crippen molar-refractivity contribution in [1.82, 2.24) is 14.7 Å². The van der Waals surface area contributed by atoms with E-state index in [4.69, 9.17) is 0 Å². The Morgan fingerprint density at radius 1 is 1.32 bits per heavy atom. The van der Waals surface area contributed by atoms with Gasteiger partial charge < -0.3 is 10.2 Å². The Morgan fingerprint density at radius 2 is 2.05 bits per heavy atom. The third-order valence-corrected chi connectivity index (χ3v) is 4.23. The van der Waals surface area contributed by atoms with Crippen LogP contribution in [0.4, 0.5) is 5.82 Å². The van der Waals surface area contributed by atoms with Gasteiger partial charge in [0.2, 0.25) is 0 Å². The van der Waals surface area contributed by atoms with Gasteiger partial charge in [0.05, 0.1) is 24.4 Å². The molecule has 1 aromatic heterocycles. The van der Waals surface area contributed by atoms with Crippen LogP contribution < -0.4 is 5.32 Å². The Bertz CT molecular complexity index is 717. The lowest BCUT2D eigenvalue weighted by molar-refractivity contribution is -0.128. The molecule has 1 aliphatic rings. The fourth-order valence-corrected chi connectivity index (χ4v) is 2.67. The van der Waals surface area contributed by atoms with Crippen molar-refractivity contribution in [3.8, 4) is 0 Å². The van der Waals surface area contributed by atoms with Gasteiger partial charge in [-0.05, 0) is 19.4 Å². The van der Waals surface area contributed by atoms with Gasteiger partial charge in [0.25, 0.3) is 5.91 Å². The first-order chi connectivity index (χ1) is 10.6. The van der Waals surface area contributed by atoms with Crippen LogP contribution in [0.1, 0.15) is 25.5 Å². The molecule has 0 fully saturated rings. The Kier molecular flexibility index (Phi) is 3.71. The number of fused-ring (bicyclic) bond motifs is 1. The zero-order valence-corrected chi connectivity index (χ0v) is 13.1. The number of anilines is 1. The van der Waals surface area contributed by atoms with Gasteiger partial charge in [0.1, 0.15) is 5.82 Å². The van der Waals surface area contributed by atoms with Crippen molar-refractivity contribution in [2.75, 3.05) is 12.4 Å². The molecule has 5 heteroatoms. The molecule has 1 N–H and O–H groups in total. The van der Waals surface area contributed by atoms with Crippen molar-refractivity contribution >= 4 is 11.7 Å². The van der Waals surface area contributed by atoms with Gasteiger partial charge in [-0.25, -0.2) is 4.68 Å². The minimum absolute atomic E-state index is 0.0213. The van der Waals surface area contributed by atoms with Gasteiger partial charge in [-0.2, -0.15) is 5.10 Å². The molecule has 2 aromatic rings. The number of hydrogen-bond donors (Lipinski definition) is 1. The van der Waals surface area contributed by atoms with Crippen molar-refractivity contribution in [2.24, 2.45) is 0 Å². The molecule has 1 aromatic carbocycles. The van der Waals surface area contributed by atoms with Crippen LogP contribution in [-0.2, 0) is 11.3 Å². The summed E-state index contributed by atoms with van der Waals surface area (Å²) in [5.41, 5.74) is 2.77. The number of benzene rings is 1. The average Bonchev–Trinajstić information content (AvgIpc) is 3.00. The highest BCUT2D eigenvalue weighted by Crippen LogP contribution is 2.25. The summed E-state index contributed by atoms with van der Waals surface area (Å²) in [6.07, 6.45) is 1.74. The van der Waals surface area contributed by atoms with E-state index in [2.05, 4.69) is 10.4 Å². The maximum atomic E-state index is 12.8. The minimum Gasteiger partial charge on any atom is -0.344 e. The normalized spacial score (nSPS) is 15.0. The highest BCUT2D eigenvalue weighted by molar-refractivity contribution is 5.95. The van der Waals surface area contributed by atoms with E-state index >= 15 is 0 Å². The zero-order valence-electron chi connectivity index (χ0n) is 13.1. The van der Waals surface area contributed by atoms with Crippen molar-refractivity contribution < 1.29 is 4.79 Å². The lowest BCUT2D eigenvalue weighted by Gasteiger charge is -2.29. The van der Waals surface area contributed by atoms with E-state index in [1.807, 2.05) is 57.3 Å². The number of carbonyl (C=O) groups is 1. The number of likely N-dealkylation sites (N-methyl/N-ethyl adjacent to an activating group) is 1. The molecule has 0 aliphatic carbocycles. The summed E-state index contributed by atoms with van der Waals surface area (Å²) in [5.74, 6) is 0.954. The van der Waals surface area contributed by atoms with Crippen LogP contribution in [0.25, 0.3) is 0 Å². The van der Waals surface area contributed by atoms with E-state index in [-0.39, 0.29) is 11.9 Å². The second-order valence-corrected chi connectivity index (χ2v) is 5.61.